The molecule has 0 aromatic carbocycles. The van der Waals surface area contributed by atoms with E-state index >= 15 is 0 Å². The van der Waals surface area contributed by atoms with Crippen LogP contribution >= 0.6 is 0 Å². The van der Waals surface area contributed by atoms with Crippen molar-refractivity contribution in [3.05, 3.63) is 28.1 Å². The van der Waals surface area contributed by atoms with Crippen molar-refractivity contribution < 1.29 is 14.5 Å². The first kappa shape index (κ1) is 10.2. The van der Waals surface area contributed by atoms with Crippen LogP contribution in [0.5, 0.6) is 0 Å². The van der Waals surface area contributed by atoms with Crippen LogP contribution in [-0.2, 0) is 11.8 Å². The molecule has 0 atom stereocenters. The van der Waals surface area contributed by atoms with Gasteiger partial charge in [0, 0.05) is 13.2 Å². The summed E-state index contributed by atoms with van der Waals surface area (Å²) < 4.78 is 6.12. The second-order valence-corrected chi connectivity index (χ2v) is 2.70. The number of ether oxygens (including phenoxy) is 1. The molecule has 0 bridgehead atoms. The number of nitrogens with zero attached hydrogens (tertiary/aromatic N) is 2. The van der Waals surface area contributed by atoms with Gasteiger partial charge in [-0.05, 0) is 6.92 Å². The van der Waals surface area contributed by atoms with Crippen LogP contribution in [0, 0.1) is 10.1 Å². The topological polar surface area (TPSA) is 74.4 Å². The second-order valence-electron chi connectivity index (χ2n) is 2.70. The molecule has 0 saturated carbocycles. The van der Waals surface area contributed by atoms with Crippen LogP contribution < -0.4 is 0 Å². The highest BCUT2D eigenvalue weighted by Gasteiger charge is 2.23. The fourth-order valence-corrected chi connectivity index (χ4v) is 1.08. The van der Waals surface area contributed by atoms with Crippen LogP contribution in [0.3, 0.4) is 0 Å². The van der Waals surface area contributed by atoms with Crippen LogP contribution in [0.1, 0.15) is 17.3 Å². The van der Waals surface area contributed by atoms with Crippen LogP contribution in [-0.4, -0.2) is 22.1 Å². The number of hydrogen-bond acceptors (Lipinski definition) is 4. The largest absolute Gasteiger partial charge is 0.462 e. The lowest BCUT2D eigenvalue weighted by molar-refractivity contribution is -0.385. The Morgan fingerprint density at radius 2 is 2.29 bits per heavy atom. The van der Waals surface area contributed by atoms with Gasteiger partial charge in [-0.25, -0.2) is 4.79 Å². The van der Waals surface area contributed by atoms with E-state index in [1.807, 2.05) is 0 Å². The highest BCUT2D eigenvalue weighted by Crippen LogP contribution is 2.19. The third-order valence-electron chi connectivity index (χ3n) is 1.63. The molecule has 0 aliphatic rings. The van der Waals surface area contributed by atoms with Crippen molar-refractivity contribution in [3.8, 4) is 0 Å². The van der Waals surface area contributed by atoms with Crippen molar-refractivity contribution in [2.75, 3.05) is 6.61 Å². The molecule has 6 heteroatoms. The van der Waals surface area contributed by atoms with Gasteiger partial charge in [-0.3, -0.25) is 10.1 Å². The van der Waals surface area contributed by atoms with E-state index in [0.717, 1.165) is 0 Å². The van der Waals surface area contributed by atoms with E-state index in [0.29, 0.717) is 0 Å². The standard InChI is InChI=1S/C8H10N2O4/c1-3-14-8(11)6-4-9(2)5-7(6)10(12)13/h4-5H,3H2,1-2H3. The van der Waals surface area contributed by atoms with E-state index in [4.69, 9.17) is 0 Å². The smallest absolute Gasteiger partial charge is 0.346 e. The Hall–Kier alpha value is -1.85. The Kier molecular flexibility index (Phi) is 2.85. The molecule has 1 heterocycles. The maximum absolute atomic E-state index is 11.2. The minimum Gasteiger partial charge on any atom is -0.462 e. The zero-order valence-electron chi connectivity index (χ0n) is 7.89. The molecule has 76 valence electrons. The average Bonchev–Trinajstić information content (AvgIpc) is 2.48. The van der Waals surface area contributed by atoms with E-state index < -0.39 is 10.9 Å². The Bertz CT molecular complexity index is 369. The Morgan fingerprint density at radius 3 is 2.79 bits per heavy atom. The molecular weight excluding hydrogens is 188 g/mol. The number of nitro groups is 1. The third-order valence-corrected chi connectivity index (χ3v) is 1.63. The number of rotatable bonds is 3. The number of esters is 1. The van der Waals surface area contributed by atoms with Gasteiger partial charge in [-0.15, -0.1) is 0 Å². The highest BCUT2D eigenvalue weighted by atomic mass is 16.6. The van der Waals surface area contributed by atoms with Crippen molar-refractivity contribution in [2.45, 2.75) is 6.92 Å². The maximum Gasteiger partial charge on any atom is 0.346 e. The molecule has 0 N–H and O–H groups in total. The summed E-state index contributed by atoms with van der Waals surface area (Å²) in [5.74, 6) is -0.667. The van der Waals surface area contributed by atoms with E-state index in [9.17, 15) is 14.9 Å². The molecule has 0 amide bonds. The van der Waals surface area contributed by atoms with Crippen LogP contribution in [0.15, 0.2) is 12.4 Å². The van der Waals surface area contributed by atoms with Crippen molar-refractivity contribution in [1.82, 2.24) is 4.57 Å². The van der Waals surface area contributed by atoms with Gasteiger partial charge in [-0.2, -0.15) is 0 Å². The molecular formula is C8H10N2O4. The average molecular weight is 198 g/mol. The van der Waals surface area contributed by atoms with Crippen LogP contribution in [0.25, 0.3) is 0 Å². The normalized spacial score (nSPS) is 9.86. The minimum absolute atomic E-state index is 0.0145. The summed E-state index contributed by atoms with van der Waals surface area (Å²) in [6, 6.07) is 0. The van der Waals surface area contributed by atoms with E-state index in [1.54, 1.807) is 14.0 Å². The van der Waals surface area contributed by atoms with Gasteiger partial charge >= 0.3 is 11.7 Å². The quantitative estimate of drug-likeness (QED) is 0.414. The van der Waals surface area contributed by atoms with E-state index in [-0.39, 0.29) is 17.9 Å². The summed E-state index contributed by atoms with van der Waals surface area (Å²) in [6.07, 6.45) is 2.64. The molecule has 0 spiro atoms. The molecule has 0 unspecified atom stereocenters. The van der Waals surface area contributed by atoms with Gasteiger partial charge in [0.15, 0.2) is 5.56 Å². The molecule has 1 rings (SSSR count). The molecule has 14 heavy (non-hydrogen) atoms. The van der Waals surface area contributed by atoms with E-state index in [2.05, 4.69) is 4.74 Å². The Labute approximate surface area is 80.2 Å². The van der Waals surface area contributed by atoms with Crippen LogP contribution in [0.2, 0.25) is 0 Å². The molecule has 1 aromatic rings. The second kappa shape index (κ2) is 3.91. The van der Waals surface area contributed by atoms with Crippen molar-refractivity contribution in [1.29, 1.82) is 0 Å². The van der Waals surface area contributed by atoms with Gasteiger partial charge < -0.3 is 9.30 Å². The summed E-state index contributed by atoms with van der Waals surface area (Å²) >= 11 is 0. The number of aryl methyl sites for hydroxylation is 1. The van der Waals surface area contributed by atoms with E-state index in [1.165, 1.54) is 17.0 Å². The molecule has 0 aliphatic heterocycles. The molecule has 0 fully saturated rings. The zero-order chi connectivity index (χ0) is 10.7. The fourth-order valence-electron chi connectivity index (χ4n) is 1.08. The van der Waals surface area contributed by atoms with Gasteiger partial charge in [-0.1, -0.05) is 0 Å². The summed E-state index contributed by atoms with van der Waals surface area (Å²) in [5, 5.41) is 10.5. The van der Waals surface area contributed by atoms with Gasteiger partial charge in [0.1, 0.15) is 0 Å². The molecule has 0 saturated heterocycles. The monoisotopic (exact) mass is 198 g/mol. The Balaban J connectivity index is 3.06. The van der Waals surface area contributed by atoms with Crippen molar-refractivity contribution >= 4 is 11.7 Å². The Morgan fingerprint density at radius 1 is 1.64 bits per heavy atom. The highest BCUT2D eigenvalue weighted by molar-refractivity contribution is 5.93. The predicted molar refractivity (Wildman–Crippen MR) is 48.0 cm³/mol. The number of hydrogen-bond donors (Lipinski definition) is 0. The SMILES string of the molecule is CCOC(=O)c1cn(C)cc1[N+](=O)[O-]. The lowest BCUT2D eigenvalue weighted by Crippen LogP contribution is -2.05. The van der Waals surface area contributed by atoms with Crippen molar-refractivity contribution in [2.24, 2.45) is 7.05 Å². The van der Waals surface area contributed by atoms with Crippen LogP contribution in [0.4, 0.5) is 5.69 Å². The predicted octanol–water partition coefficient (Wildman–Crippen LogP) is 1.11. The number of carbonyl (C=O) groups excluding carboxylic acids is 1. The van der Waals surface area contributed by atoms with Gasteiger partial charge in [0.2, 0.25) is 0 Å². The lowest BCUT2D eigenvalue weighted by Gasteiger charge is -1.97. The summed E-state index contributed by atoms with van der Waals surface area (Å²) in [5.41, 5.74) is -0.245. The van der Waals surface area contributed by atoms with Gasteiger partial charge in [0.25, 0.3) is 0 Å². The first-order valence-electron chi connectivity index (χ1n) is 4.03. The summed E-state index contributed by atoms with van der Waals surface area (Å²) in [7, 11) is 1.61. The minimum atomic E-state index is -0.667. The lowest BCUT2D eigenvalue weighted by atomic mass is 10.3. The molecule has 1 aromatic heterocycles. The van der Waals surface area contributed by atoms with Gasteiger partial charge in [0.05, 0.1) is 17.7 Å². The number of aromatic nitrogens is 1. The molecule has 6 nitrogen and oxygen atoms in total. The molecule has 0 aliphatic carbocycles. The fraction of sp³-hybridized carbons (Fsp3) is 0.375. The third kappa shape index (κ3) is 1.90. The zero-order valence-corrected chi connectivity index (χ0v) is 7.89. The first-order valence-corrected chi connectivity index (χ1v) is 4.03. The molecule has 0 radical (unpaired) electrons. The first-order chi connectivity index (χ1) is 6.56. The maximum atomic E-state index is 11.2. The van der Waals surface area contributed by atoms with Crippen molar-refractivity contribution in [3.63, 3.8) is 0 Å². The summed E-state index contributed by atoms with van der Waals surface area (Å²) in [4.78, 5) is 21.2. The summed E-state index contributed by atoms with van der Waals surface area (Å²) in [6.45, 7) is 1.84. The number of carbonyl (C=O) groups is 1.